The van der Waals surface area contributed by atoms with E-state index >= 15 is 0 Å². The largest absolute Gasteiger partial charge is 0.474 e. The zero-order valence-corrected chi connectivity index (χ0v) is 16.5. The highest BCUT2D eigenvalue weighted by Crippen LogP contribution is 2.22. The van der Waals surface area contributed by atoms with E-state index in [1.54, 1.807) is 12.3 Å². The number of nitrogens with one attached hydrogen (secondary N) is 2. The Balaban J connectivity index is 1.57. The van der Waals surface area contributed by atoms with Gasteiger partial charge in [0.15, 0.2) is 0 Å². The zero-order valence-electron chi connectivity index (χ0n) is 14.1. The van der Waals surface area contributed by atoms with Gasteiger partial charge < -0.3 is 10.1 Å². The molecule has 2 N–H and O–H groups in total. The third kappa shape index (κ3) is 4.15. The molecule has 2 aliphatic rings. The summed E-state index contributed by atoms with van der Waals surface area (Å²) in [5.74, 6) is -0.616. The van der Waals surface area contributed by atoms with Gasteiger partial charge in [0, 0.05) is 29.8 Å². The number of nitrogens with zero attached hydrogens (tertiary/aromatic N) is 2. The molecule has 2 saturated heterocycles. The Morgan fingerprint density at radius 3 is 2.58 bits per heavy atom. The number of sulfonamides is 1. The minimum absolute atomic E-state index is 0.125. The number of hydrogen-bond acceptors (Lipinski definition) is 6. The average Bonchev–Trinajstić information content (AvgIpc) is 2.81. The molecule has 0 spiro atoms. The van der Waals surface area contributed by atoms with E-state index in [1.165, 1.54) is 11.2 Å². The molecule has 0 unspecified atom stereocenters. The van der Waals surface area contributed by atoms with E-state index in [9.17, 15) is 18.0 Å². The predicted octanol–water partition coefficient (Wildman–Crippen LogP) is 0.615. The summed E-state index contributed by atoms with van der Waals surface area (Å²) in [5, 5.41) is 4.45. The van der Waals surface area contributed by atoms with Crippen molar-refractivity contribution >= 4 is 37.9 Å². The molecule has 2 aliphatic heterocycles. The van der Waals surface area contributed by atoms with Crippen molar-refractivity contribution in [3.8, 4) is 5.88 Å². The van der Waals surface area contributed by atoms with Gasteiger partial charge in [-0.15, -0.1) is 0 Å². The molecule has 3 heterocycles. The van der Waals surface area contributed by atoms with Crippen molar-refractivity contribution in [2.45, 2.75) is 31.4 Å². The number of halogens is 1. The number of imide groups is 1. The van der Waals surface area contributed by atoms with Gasteiger partial charge in [0.25, 0.3) is 5.91 Å². The third-order valence-electron chi connectivity index (χ3n) is 4.37. The Hall–Kier alpha value is -1.72. The molecular formula is C15H19BrN4O5S. The molecule has 0 aromatic carbocycles. The number of urea groups is 1. The first kappa shape index (κ1) is 19.1. The number of amides is 3. The second-order valence-electron chi connectivity index (χ2n) is 6.53. The molecule has 11 heteroatoms. The summed E-state index contributed by atoms with van der Waals surface area (Å²) in [6.45, 7) is 1.98. The molecule has 26 heavy (non-hydrogen) atoms. The zero-order chi connectivity index (χ0) is 18.9. The van der Waals surface area contributed by atoms with Crippen LogP contribution in [0.3, 0.4) is 0 Å². The van der Waals surface area contributed by atoms with Crippen molar-refractivity contribution in [1.29, 1.82) is 0 Å². The fourth-order valence-corrected chi connectivity index (χ4v) is 5.09. The lowest BCUT2D eigenvalue weighted by Gasteiger charge is -2.33. The maximum atomic E-state index is 12.6. The van der Waals surface area contributed by atoms with Crippen LogP contribution in [-0.2, 0) is 14.8 Å². The molecular weight excluding hydrogens is 428 g/mol. The summed E-state index contributed by atoms with van der Waals surface area (Å²) in [4.78, 5) is 27.3. The van der Waals surface area contributed by atoms with Crippen LogP contribution in [0.25, 0.3) is 0 Å². The Bertz CT molecular complexity index is 808. The first-order valence-corrected chi connectivity index (χ1v) is 10.5. The van der Waals surface area contributed by atoms with Crippen LogP contribution in [0.15, 0.2) is 22.8 Å². The van der Waals surface area contributed by atoms with Crippen molar-refractivity contribution in [3.05, 3.63) is 22.8 Å². The van der Waals surface area contributed by atoms with Crippen LogP contribution in [0.1, 0.15) is 19.8 Å². The van der Waals surface area contributed by atoms with E-state index in [0.717, 1.165) is 4.47 Å². The Kier molecular flexibility index (Phi) is 5.22. The van der Waals surface area contributed by atoms with Crippen molar-refractivity contribution in [1.82, 2.24) is 19.9 Å². The summed E-state index contributed by atoms with van der Waals surface area (Å²) >= 11 is 3.30. The van der Waals surface area contributed by atoms with Gasteiger partial charge in [0.05, 0.1) is 5.75 Å². The summed E-state index contributed by atoms with van der Waals surface area (Å²) < 4.78 is 33.2. The molecule has 2 fully saturated rings. The molecule has 0 aliphatic carbocycles. The van der Waals surface area contributed by atoms with Gasteiger partial charge in [-0.1, -0.05) is 0 Å². The Labute approximate surface area is 159 Å². The van der Waals surface area contributed by atoms with Gasteiger partial charge in [0.2, 0.25) is 15.9 Å². The minimum atomic E-state index is -3.70. The molecule has 3 amide bonds. The standard InChI is InChI=1S/C15H19BrN4O5S/c1-15(13(21)18-14(22)19-15)9-26(23,24)20-6-4-11(5-7-20)25-12-3-2-10(16)8-17-12/h2-3,8,11H,4-7,9H2,1H3,(H2,18,19,21,22)/t15-/m1/s1. The SMILES string of the molecule is C[C@]1(CS(=O)(=O)N2CCC(Oc3ccc(Br)cn3)CC2)NC(=O)NC1=O. The van der Waals surface area contributed by atoms with Gasteiger partial charge in [-0.3, -0.25) is 10.1 Å². The summed E-state index contributed by atoms with van der Waals surface area (Å²) in [5.41, 5.74) is -1.45. The highest BCUT2D eigenvalue weighted by Gasteiger charge is 2.46. The van der Waals surface area contributed by atoms with Gasteiger partial charge in [-0.05, 0) is 41.8 Å². The van der Waals surface area contributed by atoms with E-state index in [0.29, 0.717) is 18.7 Å². The highest BCUT2D eigenvalue weighted by molar-refractivity contribution is 9.10. The highest BCUT2D eigenvalue weighted by atomic mass is 79.9. The van der Waals surface area contributed by atoms with Crippen LogP contribution in [0, 0.1) is 0 Å². The molecule has 1 atom stereocenters. The summed E-state index contributed by atoms with van der Waals surface area (Å²) in [6, 6.07) is 2.89. The number of piperidine rings is 1. The number of ether oxygens (including phenoxy) is 1. The van der Waals surface area contributed by atoms with E-state index in [-0.39, 0.29) is 19.2 Å². The van der Waals surface area contributed by atoms with Crippen molar-refractivity contribution in [2.75, 3.05) is 18.8 Å². The van der Waals surface area contributed by atoms with Gasteiger partial charge in [-0.2, -0.15) is 0 Å². The van der Waals surface area contributed by atoms with Crippen LogP contribution in [0.5, 0.6) is 5.88 Å². The van der Waals surface area contributed by atoms with E-state index < -0.39 is 33.3 Å². The molecule has 0 bridgehead atoms. The van der Waals surface area contributed by atoms with Crippen LogP contribution >= 0.6 is 15.9 Å². The van der Waals surface area contributed by atoms with Crippen LogP contribution in [0.2, 0.25) is 0 Å². The summed E-state index contributed by atoms with van der Waals surface area (Å²) in [7, 11) is -3.70. The molecule has 0 saturated carbocycles. The monoisotopic (exact) mass is 446 g/mol. The van der Waals surface area contributed by atoms with Gasteiger partial charge in [0.1, 0.15) is 11.6 Å². The lowest BCUT2D eigenvalue weighted by molar-refractivity contribution is -0.122. The normalized spacial score (nSPS) is 25.0. The number of carbonyl (C=O) groups is 2. The third-order valence-corrected chi connectivity index (χ3v) is 6.93. The number of rotatable bonds is 5. The quantitative estimate of drug-likeness (QED) is 0.639. The molecule has 1 aromatic heterocycles. The second kappa shape index (κ2) is 7.12. The predicted molar refractivity (Wildman–Crippen MR) is 96.0 cm³/mol. The fraction of sp³-hybridized carbons (Fsp3) is 0.533. The van der Waals surface area contributed by atoms with Gasteiger partial charge in [-0.25, -0.2) is 22.5 Å². The van der Waals surface area contributed by atoms with Crippen LogP contribution < -0.4 is 15.4 Å². The molecule has 1 aromatic rings. The fourth-order valence-electron chi connectivity index (χ4n) is 2.97. The maximum absolute atomic E-state index is 12.6. The van der Waals surface area contributed by atoms with Gasteiger partial charge >= 0.3 is 6.03 Å². The topological polar surface area (TPSA) is 118 Å². The van der Waals surface area contributed by atoms with Crippen molar-refractivity contribution in [2.24, 2.45) is 0 Å². The van der Waals surface area contributed by atoms with Crippen molar-refractivity contribution in [3.63, 3.8) is 0 Å². The molecule has 3 rings (SSSR count). The Morgan fingerprint density at radius 2 is 2.04 bits per heavy atom. The molecule has 142 valence electrons. The van der Waals surface area contributed by atoms with E-state index in [4.69, 9.17) is 4.74 Å². The molecule has 9 nitrogen and oxygen atoms in total. The lowest BCUT2D eigenvalue weighted by atomic mass is 10.1. The number of aromatic nitrogens is 1. The lowest BCUT2D eigenvalue weighted by Crippen LogP contribution is -2.53. The first-order valence-electron chi connectivity index (χ1n) is 8.08. The smallest absolute Gasteiger partial charge is 0.322 e. The minimum Gasteiger partial charge on any atom is -0.474 e. The van der Waals surface area contributed by atoms with E-state index in [2.05, 4.69) is 31.5 Å². The number of pyridine rings is 1. The average molecular weight is 447 g/mol. The first-order chi connectivity index (χ1) is 12.2. The number of carbonyl (C=O) groups excluding carboxylic acids is 2. The second-order valence-corrected chi connectivity index (χ2v) is 9.41. The van der Waals surface area contributed by atoms with Crippen LogP contribution in [0.4, 0.5) is 4.79 Å². The van der Waals surface area contributed by atoms with Crippen molar-refractivity contribution < 1.29 is 22.7 Å². The Morgan fingerprint density at radius 1 is 1.35 bits per heavy atom. The molecule has 0 radical (unpaired) electrons. The van der Waals surface area contributed by atoms with E-state index in [1.807, 2.05) is 6.07 Å². The summed E-state index contributed by atoms with van der Waals surface area (Å²) in [6.07, 6.45) is 2.55. The number of hydrogen-bond donors (Lipinski definition) is 2. The van der Waals surface area contributed by atoms with Crippen LogP contribution in [-0.4, -0.2) is 60.1 Å². The maximum Gasteiger partial charge on any atom is 0.322 e.